The van der Waals surface area contributed by atoms with Gasteiger partial charge in [-0.25, -0.2) is 0 Å². The maximum Gasteiger partial charge on any atom is 0.416 e. The van der Waals surface area contributed by atoms with Gasteiger partial charge in [0.05, 0.1) is 23.9 Å². The molecule has 0 heterocycles. The molecule has 0 fully saturated rings. The Morgan fingerprint density at radius 3 is 2.24 bits per heavy atom. The number of alkyl halides is 3. The molecule has 0 aromatic heterocycles. The van der Waals surface area contributed by atoms with E-state index in [9.17, 15) is 18.0 Å². The first-order chi connectivity index (χ1) is 13.8. The number of nitrogens with one attached hydrogen (secondary N) is 1. The number of benzene rings is 3. The molecule has 150 valence electrons. The van der Waals surface area contributed by atoms with Crippen molar-refractivity contribution in [1.82, 2.24) is 0 Å². The molecular formula is C21H15BrF3NO3. The van der Waals surface area contributed by atoms with Crippen molar-refractivity contribution in [2.75, 3.05) is 12.4 Å². The smallest absolute Gasteiger partial charge is 0.416 e. The van der Waals surface area contributed by atoms with Crippen molar-refractivity contribution in [3.8, 4) is 17.2 Å². The number of rotatable bonds is 5. The summed E-state index contributed by atoms with van der Waals surface area (Å²) >= 11 is 3.26. The summed E-state index contributed by atoms with van der Waals surface area (Å²) in [6.45, 7) is 0. The maximum absolute atomic E-state index is 13.2. The van der Waals surface area contributed by atoms with Crippen LogP contribution in [0.25, 0.3) is 0 Å². The van der Waals surface area contributed by atoms with Crippen LogP contribution in [0, 0.1) is 0 Å². The third-order valence-electron chi connectivity index (χ3n) is 3.96. The van der Waals surface area contributed by atoms with Crippen molar-refractivity contribution in [3.63, 3.8) is 0 Å². The zero-order valence-electron chi connectivity index (χ0n) is 15.1. The first-order valence-corrected chi connectivity index (χ1v) is 9.17. The maximum atomic E-state index is 13.2. The Bertz CT molecular complexity index is 1040. The van der Waals surface area contributed by atoms with Crippen LogP contribution in [0.1, 0.15) is 15.9 Å². The topological polar surface area (TPSA) is 47.6 Å². The second-order valence-corrected chi connectivity index (χ2v) is 6.75. The minimum absolute atomic E-state index is 0.0444. The van der Waals surface area contributed by atoms with E-state index in [-0.39, 0.29) is 17.0 Å². The SMILES string of the molecule is COc1ccccc1Oc1ccc(C(F)(F)F)cc1NC(=O)c1ccccc1Br. The van der Waals surface area contributed by atoms with Gasteiger partial charge in [0.25, 0.3) is 5.91 Å². The Balaban J connectivity index is 2.00. The largest absolute Gasteiger partial charge is 0.493 e. The Kier molecular flexibility index (Phi) is 6.12. The van der Waals surface area contributed by atoms with E-state index in [1.54, 1.807) is 48.5 Å². The van der Waals surface area contributed by atoms with Crippen LogP contribution < -0.4 is 14.8 Å². The van der Waals surface area contributed by atoms with Gasteiger partial charge in [0, 0.05) is 4.47 Å². The average molecular weight is 466 g/mol. The van der Waals surface area contributed by atoms with Gasteiger partial charge in [0.15, 0.2) is 17.2 Å². The molecule has 0 saturated carbocycles. The van der Waals surface area contributed by atoms with Crippen molar-refractivity contribution >= 4 is 27.5 Å². The summed E-state index contributed by atoms with van der Waals surface area (Å²) in [6.07, 6.45) is -4.57. The number of amides is 1. The third kappa shape index (κ3) is 4.89. The molecule has 29 heavy (non-hydrogen) atoms. The van der Waals surface area contributed by atoms with Crippen LogP contribution in [0.4, 0.5) is 18.9 Å². The third-order valence-corrected chi connectivity index (χ3v) is 4.65. The van der Waals surface area contributed by atoms with E-state index in [4.69, 9.17) is 9.47 Å². The first kappa shape index (κ1) is 20.7. The Hall–Kier alpha value is -3.00. The second kappa shape index (κ2) is 8.57. The van der Waals surface area contributed by atoms with E-state index >= 15 is 0 Å². The van der Waals surface area contributed by atoms with Crippen molar-refractivity contribution < 1.29 is 27.4 Å². The zero-order valence-corrected chi connectivity index (χ0v) is 16.7. The zero-order chi connectivity index (χ0) is 21.0. The molecule has 0 saturated heterocycles. The minimum atomic E-state index is -4.57. The fourth-order valence-electron chi connectivity index (χ4n) is 2.55. The lowest BCUT2D eigenvalue weighted by Gasteiger charge is -2.16. The standard InChI is InChI=1S/C21H15BrF3NO3/c1-28-18-8-4-5-9-19(18)29-17-11-10-13(21(23,24)25)12-16(17)26-20(27)14-6-2-3-7-15(14)22/h2-12H,1H3,(H,26,27). The lowest BCUT2D eigenvalue weighted by Crippen LogP contribution is -2.14. The minimum Gasteiger partial charge on any atom is -0.493 e. The number of methoxy groups -OCH3 is 1. The van der Waals surface area contributed by atoms with E-state index in [0.29, 0.717) is 16.0 Å². The van der Waals surface area contributed by atoms with Crippen molar-refractivity contribution in [1.29, 1.82) is 0 Å². The van der Waals surface area contributed by atoms with E-state index in [1.165, 1.54) is 7.11 Å². The second-order valence-electron chi connectivity index (χ2n) is 5.90. The molecule has 0 radical (unpaired) electrons. The van der Waals surface area contributed by atoms with E-state index in [0.717, 1.165) is 18.2 Å². The van der Waals surface area contributed by atoms with Crippen LogP contribution >= 0.6 is 15.9 Å². The van der Waals surface area contributed by atoms with E-state index in [1.807, 2.05) is 0 Å². The molecule has 0 atom stereocenters. The highest BCUT2D eigenvalue weighted by molar-refractivity contribution is 9.10. The van der Waals surface area contributed by atoms with Gasteiger partial charge in [-0.2, -0.15) is 13.2 Å². The molecule has 0 aliphatic heterocycles. The van der Waals surface area contributed by atoms with Gasteiger partial charge in [-0.15, -0.1) is 0 Å². The Morgan fingerprint density at radius 2 is 1.59 bits per heavy atom. The van der Waals surface area contributed by atoms with Crippen LogP contribution in [-0.4, -0.2) is 13.0 Å². The van der Waals surface area contributed by atoms with Crippen LogP contribution in [0.5, 0.6) is 17.2 Å². The van der Waals surface area contributed by atoms with Gasteiger partial charge in [-0.1, -0.05) is 24.3 Å². The van der Waals surface area contributed by atoms with E-state index < -0.39 is 17.6 Å². The van der Waals surface area contributed by atoms with Gasteiger partial charge in [-0.05, 0) is 58.4 Å². The van der Waals surface area contributed by atoms with Crippen LogP contribution in [-0.2, 0) is 6.18 Å². The number of carbonyl (C=O) groups is 1. The van der Waals surface area contributed by atoms with Crippen LogP contribution in [0.15, 0.2) is 71.2 Å². The molecule has 0 aliphatic rings. The molecule has 0 aliphatic carbocycles. The average Bonchev–Trinajstić information content (AvgIpc) is 2.69. The molecule has 8 heteroatoms. The predicted molar refractivity (Wildman–Crippen MR) is 107 cm³/mol. The van der Waals surface area contributed by atoms with Crippen molar-refractivity contribution in [2.45, 2.75) is 6.18 Å². The number of ether oxygens (including phenoxy) is 2. The Morgan fingerprint density at radius 1 is 0.931 bits per heavy atom. The normalized spacial score (nSPS) is 11.1. The summed E-state index contributed by atoms with van der Waals surface area (Å²) in [4.78, 5) is 12.6. The lowest BCUT2D eigenvalue weighted by atomic mass is 10.1. The first-order valence-electron chi connectivity index (χ1n) is 8.37. The molecule has 3 aromatic rings. The van der Waals surface area contributed by atoms with Gasteiger partial charge >= 0.3 is 6.18 Å². The highest BCUT2D eigenvalue weighted by Gasteiger charge is 2.31. The fourth-order valence-corrected chi connectivity index (χ4v) is 3.01. The van der Waals surface area contributed by atoms with Gasteiger partial charge < -0.3 is 14.8 Å². The molecule has 3 rings (SSSR count). The highest BCUT2D eigenvalue weighted by atomic mass is 79.9. The predicted octanol–water partition coefficient (Wildman–Crippen LogP) is 6.52. The van der Waals surface area contributed by atoms with Crippen LogP contribution in [0.2, 0.25) is 0 Å². The highest BCUT2D eigenvalue weighted by Crippen LogP contribution is 2.39. The summed E-state index contributed by atoms with van der Waals surface area (Å²) in [5, 5.41) is 2.50. The summed E-state index contributed by atoms with van der Waals surface area (Å²) < 4.78 is 51.0. The summed E-state index contributed by atoms with van der Waals surface area (Å²) in [5.74, 6) is 0.159. The molecule has 0 unspecified atom stereocenters. The molecule has 4 nitrogen and oxygen atoms in total. The Labute approximate surface area is 173 Å². The van der Waals surface area contributed by atoms with Crippen molar-refractivity contribution in [2.24, 2.45) is 0 Å². The number of para-hydroxylation sites is 2. The van der Waals surface area contributed by atoms with Crippen LogP contribution in [0.3, 0.4) is 0 Å². The molecule has 1 N–H and O–H groups in total. The number of carbonyl (C=O) groups excluding carboxylic acids is 1. The summed E-state index contributed by atoms with van der Waals surface area (Å²) in [5.41, 5.74) is -0.757. The number of halogens is 4. The van der Waals surface area contributed by atoms with Gasteiger partial charge in [-0.3, -0.25) is 4.79 Å². The molecule has 0 spiro atoms. The monoisotopic (exact) mass is 465 g/mol. The molecule has 1 amide bonds. The number of hydrogen-bond acceptors (Lipinski definition) is 3. The van der Waals surface area contributed by atoms with Crippen molar-refractivity contribution in [3.05, 3.63) is 82.3 Å². The number of hydrogen-bond donors (Lipinski definition) is 1. The molecular weight excluding hydrogens is 451 g/mol. The summed E-state index contributed by atoms with van der Waals surface area (Å²) in [6, 6.07) is 16.1. The lowest BCUT2D eigenvalue weighted by molar-refractivity contribution is -0.137. The molecule has 3 aromatic carbocycles. The fraction of sp³-hybridized carbons (Fsp3) is 0.0952. The quantitative estimate of drug-likeness (QED) is 0.466. The van der Waals surface area contributed by atoms with E-state index in [2.05, 4.69) is 21.2 Å². The molecule has 0 bridgehead atoms. The van der Waals surface area contributed by atoms with Gasteiger partial charge in [0.1, 0.15) is 0 Å². The van der Waals surface area contributed by atoms with Gasteiger partial charge in [0.2, 0.25) is 0 Å². The number of anilines is 1. The summed E-state index contributed by atoms with van der Waals surface area (Å²) in [7, 11) is 1.45.